The number of esters is 1. The van der Waals surface area contributed by atoms with Crippen LogP contribution in [0.2, 0.25) is 5.02 Å². The van der Waals surface area contributed by atoms with E-state index < -0.39 is 17.2 Å². The molecule has 0 spiro atoms. The molecule has 0 aliphatic heterocycles. The first-order valence-corrected chi connectivity index (χ1v) is 12.5. The fourth-order valence-electron chi connectivity index (χ4n) is 4.77. The zero-order chi connectivity index (χ0) is 27.3. The van der Waals surface area contributed by atoms with Gasteiger partial charge in [-0.2, -0.15) is 5.10 Å². The molecule has 4 heterocycles. The van der Waals surface area contributed by atoms with Crippen molar-refractivity contribution in [3.63, 3.8) is 0 Å². The summed E-state index contributed by atoms with van der Waals surface area (Å²) in [5.41, 5.74) is 2.44. The number of carbonyl (C=O) groups is 1. The van der Waals surface area contributed by atoms with Crippen molar-refractivity contribution < 1.29 is 9.53 Å². The van der Waals surface area contributed by atoms with Crippen LogP contribution in [0.4, 0.5) is 0 Å². The summed E-state index contributed by atoms with van der Waals surface area (Å²) in [5, 5.41) is 6.54. The fraction of sp³-hybridized carbons (Fsp3) is 0.296. The minimum Gasteiger partial charge on any atom is -0.465 e. The first-order chi connectivity index (χ1) is 18.1. The minimum absolute atomic E-state index is 0.134. The van der Waals surface area contributed by atoms with Gasteiger partial charge in [-0.05, 0) is 41.8 Å². The summed E-state index contributed by atoms with van der Waals surface area (Å²) in [6.07, 6.45) is 3.35. The SMILES string of the molecule is COC(=O)c1cc(-c2c3c(=O)n(C)c(=O)n(CC(C)C)c3nn2Cc2ccnc3ccc(Cl)cc23)n(C)c1. The molecular formula is C27H27ClN6O4. The number of aromatic nitrogens is 6. The quantitative estimate of drug-likeness (QED) is 0.308. The van der Waals surface area contributed by atoms with Crippen LogP contribution in [-0.2, 0) is 31.9 Å². The summed E-state index contributed by atoms with van der Waals surface area (Å²) in [4.78, 5) is 43.5. The molecule has 0 saturated heterocycles. The molecule has 4 aromatic heterocycles. The number of methoxy groups -OCH3 is 1. The lowest BCUT2D eigenvalue weighted by Gasteiger charge is -2.11. The maximum absolute atomic E-state index is 13.6. The van der Waals surface area contributed by atoms with Crippen molar-refractivity contribution in [3.05, 3.63) is 79.7 Å². The number of pyridine rings is 1. The Labute approximate surface area is 222 Å². The predicted octanol–water partition coefficient (Wildman–Crippen LogP) is 3.59. The average molecular weight is 535 g/mol. The average Bonchev–Trinajstić information content (AvgIpc) is 3.45. The lowest BCUT2D eigenvalue weighted by molar-refractivity contribution is 0.0600. The normalized spacial score (nSPS) is 11.7. The summed E-state index contributed by atoms with van der Waals surface area (Å²) in [6, 6.07) is 9.00. The molecule has 0 unspecified atom stereocenters. The maximum atomic E-state index is 13.6. The van der Waals surface area contributed by atoms with Crippen molar-refractivity contribution >= 4 is 39.5 Å². The first kappa shape index (κ1) is 25.5. The Morgan fingerprint density at radius 3 is 2.61 bits per heavy atom. The van der Waals surface area contributed by atoms with Crippen molar-refractivity contribution in [2.45, 2.75) is 26.9 Å². The maximum Gasteiger partial charge on any atom is 0.339 e. The third kappa shape index (κ3) is 4.20. The molecule has 196 valence electrons. The molecule has 38 heavy (non-hydrogen) atoms. The zero-order valence-corrected chi connectivity index (χ0v) is 22.5. The number of nitrogens with zero attached hydrogens (tertiary/aromatic N) is 6. The number of hydrogen-bond acceptors (Lipinski definition) is 6. The molecular weight excluding hydrogens is 508 g/mol. The van der Waals surface area contributed by atoms with Gasteiger partial charge >= 0.3 is 11.7 Å². The Hall–Kier alpha value is -4.18. The highest BCUT2D eigenvalue weighted by molar-refractivity contribution is 6.31. The zero-order valence-electron chi connectivity index (χ0n) is 21.7. The van der Waals surface area contributed by atoms with Crippen LogP contribution in [-0.4, -0.2) is 41.5 Å². The molecule has 0 aliphatic carbocycles. The van der Waals surface area contributed by atoms with E-state index >= 15 is 0 Å². The Morgan fingerprint density at radius 1 is 1.13 bits per heavy atom. The van der Waals surface area contributed by atoms with E-state index in [1.165, 1.54) is 18.7 Å². The highest BCUT2D eigenvalue weighted by Gasteiger charge is 2.25. The highest BCUT2D eigenvalue weighted by Crippen LogP contribution is 2.30. The topological polar surface area (TPSA) is 106 Å². The summed E-state index contributed by atoms with van der Waals surface area (Å²) in [6.45, 7) is 4.64. The van der Waals surface area contributed by atoms with Gasteiger partial charge in [0.25, 0.3) is 5.56 Å². The van der Waals surface area contributed by atoms with Gasteiger partial charge < -0.3 is 9.30 Å². The molecule has 10 nitrogen and oxygen atoms in total. The lowest BCUT2D eigenvalue weighted by atomic mass is 10.1. The van der Waals surface area contributed by atoms with Crippen LogP contribution in [0.25, 0.3) is 33.3 Å². The van der Waals surface area contributed by atoms with Gasteiger partial charge in [-0.1, -0.05) is 25.4 Å². The van der Waals surface area contributed by atoms with E-state index in [1.807, 2.05) is 32.0 Å². The van der Waals surface area contributed by atoms with Gasteiger partial charge in [0.2, 0.25) is 0 Å². The van der Waals surface area contributed by atoms with E-state index in [2.05, 4.69) is 4.98 Å². The standard InChI is InChI=1S/C27H27ClN6O4/c1-15(2)12-33-24-22(25(35)32(4)27(33)37)23(21-10-17(13-31(21)3)26(36)38-5)34(30-24)14-16-8-9-29-20-7-6-18(28)11-19(16)20/h6-11,13,15H,12,14H2,1-5H3. The van der Waals surface area contributed by atoms with Gasteiger partial charge in [0, 0.05) is 43.4 Å². The monoisotopic (exact) mass is 534 g/mol. The Bertz CT molecular complexity index is 1840. The molecule has 0 atom stereocenters. The largest absolute Gasteiger partial charge is 0.465 e. The second-order valence-corrected chi connectivity index (χ2v) is 10.1. The number of ether oxygens (including phenoxy) is 1. The van der Waals surface area contributed by atoms with E-state index in [0.29, 0.717) is 39.6 Å². The van der Waals surface area contributed by atoms with Crippen molar-refractivity contribution in [2.75, 3.05) is 7.11 Å². The molecule has 0 amide bonds. The van der Waals surface area contributed by atoms with Gasteiger partial charge in [-0.15, -0.1) is 0 Å². The first-order valence-electron chi connectivity index (χ1n) is 12.1. The molecule has 0 bridgehead atoms. The van der Waals surface area contributed by atoms with E-state index in [0.717, 1.165) is 21.0 Å². The van der Waals surface area contributed by atoms with E-state index in [9.17, 15) is 14.4 Å². The van der Waals surface area contributed by atoms with Crippen LogP contribution in [0.5, 0.6) is 0 Å². The fourth-order valence-corrected chi connectivity index (χ4v) is 4.94. The molecule has 0 N–H and O–H groups in total. The number of aryl methyl sites for hydroxylation is 1. The summed E-state index contributed by atoms with van der Waals surface area (Å²) >= 11 is 6.30. The molecule has 0 saturated carbocycles. The molecule has 5 rings (SSSR count). The lowest BCUT2D eigenvalue weighted by Crippen LogP contribution is -2.38. The number of carbonyl (C=O) groups excluding carboxylic acids is 1. The number of benzene rings is 1. The van der Waals surface area contributed by atoms with Gasteiger partial charge in [-0.3, -0.25) is 23.6 Å². The molecule has 0 fully saturated rings. The number of hydrogen-bond donors (Lipinski definition) is 0. The van der Waals surface area contributed by atoms with Crippen LogP contribution in [0.15, 0.2) is 52.3 Å². The third-order valence-corrected chi connectivity index (χ3v) is 6.79. The van der Waals surface area contributed by atoms with Crippen LogP contribution in [0.3, 0.4) is 0 Å². The van der Waals surface area contributed by atoms with Gasteiger partial charge in [-0.25, -0.2) is 9.59 Å². The van der Waals surface area contributed by atoms with Gasteiger partial charge in [0.15, 0.2) is 5.65 Å². The summed E-state index contributed by atoms with van der Waals surface area (Å²) < 4.78 is 11.0. The van der Waals surface area contributed by atoms with Gasteiger partial charge in [0.05, 0.1) is 30.4 Å². The van der Waals surface area contributed by atoms with Crippen LogP contribution < -0.4 is 11.2 Å². The molecule has 5 aromatic rings. The van der Waals surface area contributed by atoms with Crippen LogP contribution in [0.1, 0.15) is 29.8 Å². The van der Waals surface area contributed by atoms with E-state index in [1.54, 1.807) is 40.8 Å². The van der Waals surface area contributed by atoms with Gasteiger partial charge in [0.1, 0.15) is 11.1 Å². The number of halogens is 1. The highest BCUT2D eigenvalue weighted by atomic mass is 35.5. The smallest absolute Gasteiger partial charge is 0.339 e. The van der Waals surface area contributed by atoms with Crippen molar-refractivity contribution in [2.24, 2.45) is 20.0 Å². The van der Waals surface area contributed by atoms with Crippen LogP contribution in [0, 0.1) is 5.92 Å². The van der Waals surface area contributed by atoms with Crippen molar-refractivity contribution in [1.29, 1.82) is 0 Å². The molecule has 0 aliphatic rings. The molecule has 11 heteroatoms. The molecule has 1 aromatic carbocycles. The Morgan fingerprint density at radius 2 is 1.89 bits per heavy atom. The van der Waals surface area contributed by atoms with Crippen LogP contribution >= 0.6 is 11.6 Å². The number of rotatable bonds is 6. The summed E-state index contributed by atoms with van der Waals surface area (Å²) in [5.74, 6) is -0.365. The number of fused-ring (bicyclic) bond motifs is 2. The Kier molecular flexibility index (Phi) is 6.44. The molecule has 0 radical (unpaired) electrons. The van der Waals surface area contributed by atoms with Crippen molar-refractivity contribution in [1.82, 2.24) is 28.5 Å². The Balaban J connectivity index is 1.86. The second kappa shape index (κ2) is 9.60. The summed E-state index contributed by atoms with van der Waals surface area (Å²) in [7, 11) is 4.56. The van der Waals surface area contributed by atoms with Crippen molar-refractivity contribution in [3.8, 4) is 11.4 Å². The van der Waals surface area contributed by atoms with E-state index in [-0.39, 0.29) is 12.5 Å². The minimum atomic E-state index is -0.499. The predicted molar refractivity (Wildman–Crippen MR) is 146 cm³/mol. The second-order valence-electron chi connectivity index (χ2n) is 9.70. The third-order valence-electron chi connectivity index (χ3n) is 6.56. The van der Waals surface area contributed by atoms with E-state index in [4.69, 9.17) is 21.4 Å².